The predicted molar refractivity (Wildman–Crippen MR) is 63.6 cm³/mol. The third kappa shape index (κ3) is 2.21. The van der Waals surface area contributed by atoms with E-state index < -0.39 is 0 Å². The lowest BCUT2D eigenvalue weighted by Gasteiger charge is -2.39. The van der Waals surface area contributed by atoms with Crippen molar-refractivity contribution in [1.82, 2.24) is 5.32 Å². The van der Waals surface area contributed by atoms with E-state index in [-0.39, 0.29) is 5.54 Å². The molecule has 0 aromatic heterocycles. The zero-order valence-electron chi connectivity index (χ0n) is 9.21. The number of hydrogen-bond donors (Lipinski definition) is 2. The first-order valence-corrected chi connectivity index (χ1v) is 5.88. The largest absolute Gasteiger partial charge is 0.330 e. The smallest absolute Gasteiger partial charge is 0.0446 e. The van der Waals surface area contributed by atoms with Crippen LogP contribution in [0.1, 0.15) is 31.2 Å². The third-order valence-electron chi connectivity index (χ3n) is 3.39. The van der Waals surface area contributed by atoms with Crippen LogP contribution in [-0.4, -0.2) is 13.1 Å². The molecule has 15 heavy (non-hydrogen) atoms. The van der Waals surface area contributed by atoms with Crippen LogP contribution in [0.15, 0.2) is 30.3 Å². The van der Waals surface area contributed by atoms with Crippen LogP contribution in [0.2, 0.25) is 0 Å². The van der Waals surface area contributed by atoms with Crippen LogP contribution in [0.3, 0.4) is 0 Å². The third-order valence-corrected chi connectivity index (χ3v) is 3.39. The number of benzene rings is 1. The maximum absolute atomic E-state index is 5.74. The fraction of sp³-hybridized carbons (Fsp3) is 0.538. The summed E-state index contributed by atoms with van der Waals surface area (Å²) in [6, 6.07) is 10.7. The highest BCUT2D eigenvalue weighted by atomic mass is 15.0. The minimum atomic E-state index is 0.147. The standard InChI is InChI=1S/C13H20N2/c14-10-9-13(8-4-5-11-15-13)12-6-2-1-3-7-12/h1-3,6-7,15H,4-5,8-11,14H2. The van der Waals surface area contributed by atoms with Crippen LogP contribution in [-0.2, 0) is 5.54 Å². The molecule has 0 spiro atoms. The second-order valence-corrected chi connectivity index (χ2v) is 4.37. The van der Waals surface area contributed by atoms with Gasteiger partial charge in [0.2, 0.25) is 0 Å². The van der Waals surface area contributed by atoms with Crippen LogP contribution >= 0.6 is 0 Å². The van der Waals surface area contributed by atoms with Crippen LogP contribution in [0, 0.1) is 0 Å². The molecule has 1 aliphatic heterocycles. The summed E-state index contributed by atoms with van der Waals surface area (Å²) >= 11 is 0. The molecular formula is C13H20N2. The highest BCUT2D eigenvalue weighted by molar-refractivity contribution is 5.25. The summed E-state index contributed by atoms with van der Waals surface area (Å²) in [4.78, 5) is 0. The van der Waals surface area contributed by atoms with E-state index >= 15 is 0 Å². The molecule has 82 valence electrons. The first-order chi connectivity index (χ1) is 7.37. The Labute approximate surface area is 91.9 Å². The Morgan fingerprint density at radius 3 is 2.60 bits per heavy atom. The molecule has 1 aliphatic rings. The minimum absolute atomic E-state index is 0.147. The second kappa shape index (κ2) is 4.77. The van der Waals surface area contributed by atoms with Gasteiger partial charge >= 0.3 is 0 Å². The van der Waals surface area contributed by atoms with Crippen LogP contribution in [0.5, 0.6) is 0 Å². The average molecular weight is 204 g/mol. The number of piperidine rings is 1. The number of rotatable bonds is 3. The Morgan fingerprint density at radius 1 is 1.20 bits per heavy atom. The number of nitrogens with two attached hydrogens (primary N) is 1. The molecule has 2 rings (SSSR count). The normalized spacial score (nSPS) is 26.5. The van der Waals surface area contributed by atoms with E-state index in [1.165, 1.54) is 24.8 Å². The van der Waals surface area contributed by atoms with Gasteiger partial charge in [-0.25, -0.2) is 0 Å². The molecular weight excluding hydrogens is 184 g/mol. The van der Waals surface area contributed by atoms with Crippen molar-refractivity contribution >= 4 is 0 Å². The lowest BCUT2D eigenvalue weighted by molar-refractivity contribution is 0.243. The Kier molecular flexibility index (Phi) is 3.39. The first-order valence-electron chi connectivity index (χ1n) is 5.88. The molecule has 1 aromatic carbocycles. The van der Waals surface area contributed by atoms with Crippen LogP contribution < -0.4 is 11.1 Å². The monoisotopic (exact) mass is 204 g/mol. The molecule has 0 saturated carbocycles. The van der Waals surface area contributed by atoms with E-state index in [0.29, 0.717) is 0 Å². The van der Waals surface area contributed by atoms with Gasteiger partial charge in [0.05, 0.1) is 0 Å². The second-order valence-electron chi connectivity index (χ2n) is 4.37. The highest BCUT2D eigenvalue weighted by Gasteiger charge is 2.32. The van der Waals surface area contributed by atoms with Gasteiger partial charge in [-0.3, -0.25) is 0 Å². The summed E-state index contributed by atoms with van der Waals surface area (Å²) in [6.07, 6.45) is 4.85. The van der Waals surface area contributed by atoms with Gasteiger partial charge in [0, 0.05) is 5.54 Å². The molecule has 1 aromatic rings. The van der Waals surface area contributed by atoms with Crippen LogP contribution in [0.25, 0.3) is 0 Å². The van der Waals surface area contributed by atoms with E-state index in [4.69, 9.17) is 5.73 Å². The molecule has 0 aliphatic carbocycles. The van der Waals surface area contributed by atoms with Gasteiger partial charge in [0.15, 0.2) is 0 Å². The molecule has 2 heteroatoms. The zero-order valence-corrected chi connectivity index (χ0v) is 9.21. The van der Waals surface area contributed by atoms with Crippen molar-refractivity contribution in [3.05, 3.63) is 35.9 Å². The summed E-state index contributed by atoms with van der Waals surface area (Å²) in [5.74, 6) is 0. The Hall–Kier alpha value is -0.860. The minimum Gasteiger partial charge on any atom is -0.330 e. The topological polar surface area (TPSA) is 38.0 Å². The average Bonchev–Trinajstić information content (AvgIpc) is 2.32. The van der Waals surface area contributed by atoms with Gasteiger partial charge in [-0.1, -0.05) is 36.8 Å². The van der Waals surface area contributed by atoms with Gasteiger partial charge in [0.25, 0.3) is 0 Å². The Balaban J connectivity index is 2.25. The highest BCUT2D eigenvalue weighted by Crippen LogP contribution is 2.32. The van der Waals surface area contributed by atoms with Gasteiger partial charge in [-0.05, 0) is 37.9 Å². The van der Waals surface area contributed by atoms with Gasteiger partial charge < -0.3 is 11.1 Å². The molecule has 0 bridgehead atoms. The SMILES string of the molecule is NCCC1(c2ccccc2)CCCCN1. The summed E-state index contributed by atoms with van der Waals surface area (Å²) < 4.78 is 0. The van der Waals surface area contributed by atoms with Crippen molar-refractivity contribution in [2.45, 2.75) is 31.2 Å². The van der Waals surface area contributed by atoms with E-state index in [1.54, 1.807) is 0 Å². The maximum Gasteiger partial charge on any atom is 0.0446 e. The summed E-state index contributed by atoms with van der Waals surface area (Å²) in [5, 5.41) is 3.67. The van der Waals surface area contributed by atoms with Crippen molar-refractivity contribution < 1.29 is 0 Å². The fourth-order valence-corrected chi connectivity index (χ4v) is 2.58. The maximum atomic E-state index is 5.74. The fourth-order valence-electron chi connectivity index (χ4n) is 2.58. The van der Waals surface area contributed by atoms with Crippen molar-refractivity contribution in [3.8, 4) is 0 Å². The molecule has 0 radical (unpaired) electrons. The lowest BCUT2D eigenvalue weighted by atomic mass is 9.80. The van der Waals surface area contributed by atoms with Crippen LogP contribution in [0.4, 0.5) is 0 Å². The molecule has 1 atom stereocenters. The van der Waals surface area contributed by atoms with Gasteiger partial charge in [0.1, 0.15) is 0 Å². The quantitative estimate of drug-likeness (QED) is 0.790. The van der Waals surface area contributed by atoms with E-state index in [1.807, 2.05) is 0 Å². The first kappa shape index (κ1) is 10.7. The lowest BCUT2D eigenvalue weighted by Crippen LogP contribution is -2.47. The molecule has 1 fully saturated rings. The molecule has 0 amide bonds. The van der Waals surface area contributed by atoms with E-state index in [2.05, 4.69) is 35.6 Å². The van der Waals surface area contributed by atoms with Gasteiger partial charge in [-0.15, -0.1) is 0 Å². The molecule has 1 unspecified atom stereocenters. The molecule has 1 heterocycles. The zero-order chi connectivity index (χ0) is 10.6. The Morgan fingerprint density at radius 2 is 2.00 bits per heavy atom. The van der Waals surface area contributed by atoms with Crippen molar-refractivity contribution in [2.75, 3.05) is 13.1 Å². The van der Waals surface area contributed by atoms with E-state index in [0.717, 1.165) is 19.5 Å². The predicted octanol–water partition coefficient (Wildman–Crippen LogP) is 2.00. The number of hydrogen-bond acceptors (Lipinski definition) is 2. The van der Waals surface area contributed by atoms with Crippen molar-refractivity contribution in [2.24, 2.45) is 5.73 Å². The number of nitrogens with one attached hydrogen (secondary N) is 1. The van der Waals surface area contributed by atoms with Gasteiger partial charge in [-0.2, -0.15) is 0 Å². The molecule has 2 nitrogen and oxygen atoms in total. The molecule has 1 saturated heterocycles. The van der Waals surface area contributed by atoms with Crippen molar-refractivity contribution in [1.29, 1.82) is 0 Å². The summed E-state index contributed by atoms with van der Waals surface area (Å²) in [7, 11) is 0. The summed E-state index contributed by atoms with van der Waals surface area (Å²) in [6.45, 7) is 1.87. The van der Waals surface area contributed by atoms with Crippen molar-refractivity contribution in [3.63, 3.8) is 0 Å². The van der Waals surface area contributed by atoms with E-state index in [9.17, 15) is 0 Å². The Bertz CT molecular complexity index is 283. The summed E-state index contributed by atoms with van der Waals surface area (Å²) in [5.41, 5.74) is 7.29. The molecule has 3 N–H and O–H groups in total.